The SMILES string of the molecule is CNCCNc1ccc(-c2nnc(-c3nc(-c4ccnc(C(C)(C)C#N)c4)cnc3C)o2)cc1. The molecule has 9 nitrogen and oxygen atoms in total. The molecule has 0 fully saturated rings. The van der Waals surface area contributed by atoms with E-state index in [0.29, 0.717) is 34.6 Å². The Bertz CT molecular complexity index is 1320. The van der Waals surface area contributed by atoms with Crippen LogP contribution in [-0.4, -0.2) is 45.3 Å². The van der Waals surface area contributed by atoms with Crippen molar-refractivity contribution >= 4 is 5.69 Å². The third-order valence-corrected chi connectivity index (χ3v) is 5.39. The summed E-state index contributed by atoms with van der Waals surface area (Å²) in [5, 5.41) is 24.3. The molecule has 0 bridgehead atoms. The molecular formula is C25H26N8O. The summed E-state index contributed by atoms with van der Waals surface area (Å²) in [7, 11) is 1.92. The normalized spacial score (nSPS) is 11.3. The number of nitrogens with one attached hydrogen (secondary N) is 2. The van der Waals surface area contributed by atoms with Crippen LogP contribution in [0.1, 0.15) is 25.2 Å². The Hall–Kier alpha value is -4.16. The van der Waals surface area contributed by atoms with Crippen LogP contribution in [0.4, 0.5) is 5.69 Å². The molecule has 0 atom stereocenters. The number of pyridine rings is 1. The van der Waals surface area contributed by atoms with E-state index < -0.39 is 5.41 Å². The first kappa shape index (κ1) is 23.0. The van der Waals surface area contributed by atoms with Gasteiger partial charge in [0.1, 0.15) is 5.69 Å². The van der Waals surface area contributed by atoms with Crippen LogP contribution in [0.15, 0.2) is 53.2 Å². The van der Waals surface area contributed by atoms with Gasteiger partial charge in [-0.05, 0) is 64.2 Å². The van der Waals surface area contributed by atoms with Crippen molar-refractivity contribution in [1.29, 1.82) is 5.26 Å². The van der Waals surface area contributed by atoms with E-state index in [-0.39, 0.29) is 0 Å². The largest absolute Gasteiger partial charge is 0.415 e. The third-order valence-electron chi connectivity index (χ3n) is 5.39. The van der Waals surface area contributed by atoms with Crippen molar-refractivity contribution in [2.75, 3.05) is 25.5 Å². The fourth-order valence-corrected chi connectivity index (χ4v) is 3.28. The maximum Gasteiger partial charge on any atom is 0.268 e. The van der Waals surface area contributed by atoms with Gasteiger partial charge in [-0.25, -0.2) is 4.98 Å². The number of rotatable bonds is 8. The highest BCUT2D eigenvalue weighted by atomic mass is 16.4. The van der Waals surface area contributed by atoms with Crippen molar-refractivity contribution in [3.05, 3.63) is 60.2 Å². The van der Waals surface area contributed by atoms with Crippen LogP contribution < -0.4 is 10.6 Å². The van der Waals surface area contributed by atoms with Gasteiger partial charge in [0.25, 0.3) is 5.89 Å². The molecule has 0 radical (unpaired) electrons. The Kier molecular flexibility index (Phi) is 6.61. The summed E-state index contributed by atoms with van der Waals surface area (Å²) in [5.41, 5.74) is 4.42. The lowest BCUT2D eigenvalue weighted by atomic mass is 9.90. The number of hydrogen-bond acceptors (Lipinski definition) is 9. The zero-order chi connectivity index (χ0) is 24.1. The summed E-state index contributed by atoms with van der Waals surface area (Å²) in [5.74, 6) is 0.704. The number of aryl methyl sites for hydroxylation is 1. The average Bonchev–Trinajstić information content (AvgIpc) is 3.35. The van der Waals surface area contributed by atoms with E-state index in [2.05, 4.69) is 36.9 Å². The first-order valence-electron chi connectivity index (χ1n) is 11.0. The fourth-order valence-electron chi connectivity index (χ4n) is 3.28. The maximum absolute atomic E-state index is 9.45. The molecule has 0 saturated carbocycles. The fraction of sp³-hybridized carbons (Fsp3) is 0.280. The Labute approximate surface area is 198 Å². The third kappa shape index (κ3) is 4.92. The zero-order valence-corrected chi connectivity index (χ0v) is 19.6. The van der Waals surface area contributed by atoms with Crippen molar-refractivity contribution in [1.82, 2.24) is 30.5 Å². The van der Waals surface area contributed by atoms with Crippen LogP contribution in [0.25, 0.3) is 34.3 Å². The lowest BCUT2D eigenvalue weighted by Crippen LogP contribution is -2.17. The molecule has 4 rings (SSSR count). The second-order valence-corrected chi connectivity index (χ2v) is 8.38. The van der Waals surface area contributed by atoms with E-state index in [4.69, 9.17) is 9.40 Å². The van der Waals surface area contributed by atoms with Crippen molar-refractivity contribution in [3.8, 4) is 40.4 Å². The highest BCUT2D eigenvalue weighted by Crippen LogP contribution is 2.29. The molecule has 3 aromatic heterocycles. The van der Waals surface area contributed by atoms with Crippen LogP contribution in [-0.2, 0) is 5.41 Å². The molecule has 0 aliphatic carbocycles. The zero-order valence-electron chi connectivity index (χ0n) is 19.6. The Balaban J connectivity index is 1.61. The lowest BCUT2D eigenvalue weighted by molar-refractivity contribution is 0.581. The summed E-state index contributed by atoms with van der Waals surface area (Å²) in [6.45, 7) is 7.22. The number of nitrogens with zero attached hydrogens (tertiary/aromatic N) is 6. The van der Waals surface area contributed by atoms with Crippen molar-refractivity contribution in [2.24, 2.45) is 0 Å². The molecule has 0 aliphatic heterocycles. The Morgan fingerprint density at radius 1 is 1.00 bits per heavy atom. The van der Waals surface area contributed by atoms with E-state index in [1.807, 2.05) is 64.2 Å². The van der Waals surface area contributed by atoms with Crippen molar-refractivity contribution in [2.45, 2.75) is 26.2 Å². The van der Waals surface area contributed by atoms with Gasteiger partial charge in [-0.1, -0.05) is 0 Å². The van der Waals surface area contributed by atoms with Gasteiger partial charge in [-0.2, -0.15) is 5.26 Å². The number of nitriles is 1. The number of hydrogen-bond donors (Lipinski definition) is 2. The predicted molar refractivity (Wildman–Crippen MR) is 130 cm³/mol. The number of benzene rings is 1. The second-order valence-electron chi connectivity index (χ2n) is 8.38. The predicted octanol–water partition coefficient (Wildman–Crippen LogP) is 4.00. The highest BCUT2D eigenvalue weighted by Gasteiger charge is 2.22. The summed E-state index contributed by atoms with van der Waals surface area (Å²) < 4.78 is 5.95. The molecule has 3 heterocycles. The number of anilines is 1. The smallest absolute Gasteiger partial charge is 0.268 e. The van der Waals surface area contributed by atoms with E-state index >= 15 is 0 Å². The van der Waals surface area contributed by atoms with Gasteiger partial charge in [0.15, 0.2) is 0 Å². The van der Waals surface area contributed by atoms with Gasteiger partial charge in [-0.15, -0.1) is 10.2 Å². The molecule has 0 spiro atoms. The quantitative estimate of drug-likeness (QED) is 0.380. The van der Waals surface area contributed by atoms with Gasteiger partial charge in [0.05, 0.1) is 34.8 Å². The van der Waals surface area contributed by atoms with Gasteiger partial charge in [0, 0.05) is 36.1 Å². The van der Waals surface area contributed by atoms with Gasteiger partial charge >= 0.3 is 0 Å². The van der Waals surface area contributed by atoms with Crippen molar-refractivity contribution in [3.63, 3.8) is 0 Å². The minimum atomic E-state index is -0.712. The first-order valence-corrected chi connectivity index (χ1v) is 11.0. The molecule has 0 amide bonds. The first-order chi connectivity index (χ1) is 16.4. The Morgan fingerprint density at radius 3 is 2.50 bits per heavy atom. The second kappa shape index (κ2) is 9.77. The molecule has 0 aliphatic rings. The highest BCUT2D eigenvalue weighted by molar-refractivity contribution is 5.64. The lowest BCUT2D eigenvalue weighted by Gasteiger charge is -2.15. The standard InChI is InChI=1S/C25H26N8O/c1-16-22(31-20(14-30-16)18-9-10-29-21(13-18)25(2,3)15-26)24-33-32-23(34-24)17-5-7-19(8-6-17)28-12-11-27-4/h5-10,13-14,27-28H,11-12H2,1-4H3. The monoisotopic (exact) mass is 454 g/mol. The molecule has 4 aromatic rings. The molecule has 0 unspecified atom stereocenters. The molecular weight excluding hydrogens is 428 g/mol. The average molecular weight is 455 g/mol. The van der Waals surface area contributed by atoms with Gasteiger partial charge in [0.2, 0.25) is 5.89 Å². The van der Waals surface area contributed by atoms with E-state index in [9.17, 15) is 5.26 Å². The van der Waals surface area contributed by atoms with Gasteiger partial charge < -0.3 is 15.1 Å². The summed E-state index contributed by atoms with van der Waals surface area (Å²) in [4.78, 5) is 13.6. The molecule has 2 N–H and O–H groups in total. The van der Waals surface area contributed by atoms with Crippen LogP contribution in [0, 0.1) is 18.3 Å². The summed E-state index contributed by atoms with van der Waals surface area (Å²) in [6.07, 6.45) is 3.36. The molecule has 1 aromatic carbocycles. The van der Waals surface area contributed by atoms with Crippen LogP contribution in [0.3, 0.4) is 0 Å². The molecule has 172 valence electrons. The van der Waals surface area contributed by atoms with Crippen LogP contribution in [0.5, 0.6) is 0 Å². The molecule has 0 saturated heterocycles. The molecule has 9 heteroatoms. The summed E-state index contributed by atoms with van der Waals surface area (Å²) >= 11 is 0. The van der Waals surface area contributed by atoms with E-state index in [1.54, 1.807) is 12.4 Å². The van der Waals surface area contributed by atoms with E-state index in [0.717, 1.165) is 29.9 Å². The molecule has 34 heavy (non-hydrogen) atoms. The van der Waals surface area contributed by atoms with Gasteiger partial charge in [-0.3, -0.25) is 9.97 Å². The van der Waals surface area contributed by atoms with Crippen LogP contribution in [0.2, 0.25) is 0 Å². The minimum absolute atomic E-state index is 0.296. The van der Waals surface area contributed by atoms with Crippen molar-refractivity contribution < 1.29 is 4.42 Å². The van der Waals surface area contributed by atoms with E-state index in [1.165, 1.54) is 0 Å². The topological polar surface area (TPSA) is 125 Å². The Morgan fingerprint density at radius 2 is 1.76 bits per heavy atom. The maximum atomic E-state index is 9.45. The van der Waals surface area contributed by atoms with Crippen LogP contribution >= 0.6 is 0 Å². The number of likely N-dealkylation sites (N-methyl/N-ethyl adjacent to an activating group) is 1. The minimum Gasteiger partial charge on any atom is -0.415 e. The summed E-state index contributed by atoms with van der Waals surface area (Å²) in [6, 6.07) is 13.8. The number of aromatic nitrogens is 5.